The summed E-state index contributed by atoms with van der Waals surface area (Å²) in [4.78, 5) is 23.4. The van der Waals surface area contributed by atoms with Gasteiger partial charge in [0.1, 0.15) is 23.0 Å². The monoisotopic (exact) mass is 501 g/mol. The minimum Gasteiger partial charge on any atom is -0.465 e. The van der Waals surface area contributed by atoms with Crippen LogP contribution in [0.3, 0.4) is 0 Å². The molecule has 5 rings (SSSR count). The van der Waals surface area contributed by atoms with Crippen LogP contribution in [0.15, 0.2) is 30.6 Å². The summed E-state index contributed by atoms with van der Waals surface area (Å²) in [5.74, 6) is 0.154. The van der Waals surface area contributed by atoms with Crippen LogP contribution >= 0.6 is 11.3 Å². The number of thiophene rings is 1. The number of methoxy groups -OCH3 is 1. The van der Waals surface area contributed by atoms with Crippen LogP contribution in [0.2, 0.25) is 0 Å². The van der Waals surface area contributed by atoms with Crippen molar-refractivity contribution in [2.24, 2.45) is 5.41 Å². The third-order valence-corrected chi connectivity index (χ3v) is 7.79. The van der Waals surface area contributed by atoms with Gasteiger partial charge < -0.3 is 15.0 Å². The number of halogens is 3. The van der Waals surface area contributed by atoms with E-state index >= 15 is 0 Å². The number of esters is 1. The molecule has 3 heterocycles. The third kappa shape index (κ3) is 4.62. The van der Waals surface area contributed by atoms with Crippen molar-refractivity contribution in [1.82, 2.24) is 9.97 Å². The highest BCUT2D eigenvalue weighted by atomic mass is 32.1. The standard InChI is InChI=1S/C24H22F3N5O2S/c1-34-22(33)18-3-2-15(6-14(18)11-28)31-16-8-23(9-16)4-5-32(12-23)20-19-7-17(10-24(25,26)27)35-21(19)30-13-29-20/h2-3,6-7,13,16,31H,4-5,8-10,12H2,1H3. The topological polar surface area (TPSA) is 91.1 Å². The molecule has 0 radical (unpaired) electrons. The van der Waals surface area contributed by atoms with Gasteiger partial charge in [-0.15, -0.1) is 11.3 Å². The molecule has 1 aliphatic carbocycles. The Morgan fingerprint density at radius 2 is 2.14 bits per heavy atom. The van der Waals surface area contributed by atoms with E-state index in [1.54, 1.807) is 24.3 Å². The quantitative estimate of drug-likeness (QED) is 0.496. The Kier molecular flexibility index (Phi) is 5.79. The number of ether oxygens (including phenoxy) is 1. The molecular formula is C24H22F3N5O2S. The van der Waals surface area contributed by atoms with Crippen molar-refractivity contribution in [3.63, 3.8) is 0 Å². The van der Waals surface area contributed by atoms with Crippen molar-refractivity contribution in [1.29, 1.82) is 5.26 Å². The molecular weight excluding hydrogens is 479 g/mol. The van der Waals surface area contributed by atoms with Gasteiger partial charge in [0.15, 0.2) is 0 Å². The molecule has 2 aromatic heterocycles. The highest BCUT2D eigenvalue weighted by molar-refractivity contribution is 7.18. The Bertz CT molecular complexity index is 1330. The van der Waals surface area contributed by atoms with E-state index in [-0.39, 0.29) is 27.5 Å². The van der Waals surface area contributed by atoms with Crippen LogP contribution in [0.25, 0.3) is 10.2 Å². The summed E-state index contributed by atoms with van der Waals surface area (Å²) >= 11 is 1.07. The molecule has 1 saturated carbocycles. The number of alkyl halides is 3. The normalized spacial score (nSPS) is 21.7. The maximum atomic E-state index is 12.9. The van der Waals surface area contributed by atoms with Crippen LogP contribution in [0.4, 0.5) is 24.7 Å². The number of rotatable bonds is 5. The molecule has 1 N–H and O–H groups in total. The van der Waals surface area contributed by atoms with E-state index in [1.165, 1.54) is 13.4 Å². The van der Waals surface area contributed by atoms with Gasteiger partial charge in [-0.25, -0.2) is 14.8 Å². The van der Waals surface area contributed by atoms with E-state index in [1.807, 2.05) is 6.07 Å². The zero-order valence-electron chi connectivity index (χ0n) is 18.9. The molecule has 35 heavy (non-hydrogen) atoms. The largest absolute Gasteiger partial charge is 0.465 e. The van der Waals surface area contributed by atoms with Crippen molar-refractivity contribution in [3.8, 4) is 6.07 Å². The van der Waals surface area contributed by atoms with Crippen molar-refractivity contribution < 1.29 is 22.7 Å². The molecule has 0 amide bonds. The number of nitriles is 1. The van der Waals surface area contributed by atoms with Crippen molar-refractivity contribution in [2.45, 2.75) is 37.9 Å². The molecule has 1 saturated heterocycles. The maximum absolute atomic E-state index is 12.9. The first-order valence-corrected chi connectivity index (χ1v) is 11.9. The van der Waals surface area contributed by atoms with Gasteiger partial charge in [-0.05, 0) is 48.9 Å². The van der Waals surface area contributed by atoms with E-state index < -0.39 is 18.6 Å². The summed E-state index contributed by atoms with van der Waals surface area (Å²) in [6.45, 7) is 1.57. The van der Waals surface area contributed by atoms with E-state index in [4.69, 9.17) is 4.74 Å². The van der Waals surface area contributed by atoms with Crippen LogP contribution in [0.5, 0.6) is 0 Å². The molecule has 3 aromatic rings. The Morgan fingerprint density at radius 1 is 1.34 bits per heavy atom. The lowest BCUT2D eigenvalue weighted by molar-refractivity contribution is -0.126. The highest BCUT2D eigenvalue weighted by Gasteiger charge is 2.49. The van der Waals surface area contributed by atoms with Crippen molar-refractivity contribution in [2.75, 3.05) is 30.4 Å². The Hall–Kier alpha value is -3.39. The lowest BCUT2D eigenvalue weighted by atomic mass is 9.65. The molecule has 11 heteroatoms. The second kappa shape index (κ2) is 8.68. The van der Waals surface area contributed by atoms with Crippen molar-refractivity contribution in [3.05, 3.63) is 46.6 Å². The number of aromatic nitrogens is 2. The maximum Gasteiger partial charge on any atom is 0.393 e. The Morgan fingerprint density at radius 3 is 2.86 bits per heavy atom. The fourth-order valence-electron chi connectivity index (χ4n) is 5.22. The third-order valence-electron chi connectivity index (χ3n) is 6.75. The number of fused-ring (bicyclic) bond motifs is 1. The summed E-state index contributed by atoms with van der Waals surface area (Å²) < 4.78 is 43.3. The molecule has 0 bridgehead atoms. The number of carbonyl (C=O) groups is 1. The predicted octanol–water partition coefficient (Wildman–Crippen LogP) is 4.93. The SMILES string of the molecule is COC(=O)c1ccc(NC2CC3(CCN(c4ncnc5sc(CC(F)(F)F)cc45)C3)C2)cc1C#N. The highest BCUT2D eigenvalue weighted by Crippen LogP contribution is 2.50. The molecule has 0 unspecified atom stereocenters. The average Bonchev–Trinajstić information content (AvgIpc) is 3.41. The lowest BCUT2D eigenvalue weighted by Crippen LogP contribution is -2.46. The van der Waals surface area contributed by atoms with Gasteiger partial charge in [0, 0.05) is 29.7 Å². The first-order chi connectivity index (χ1) is 16.7. The predicted molar refractivity (Wildman–Crippen MR) is 126 cm³/mol. The second-order valence-electron chi connectivity index (χ2n) is 9.21. The van der Waals surface area contributed by atoms with E-state index in [2.05, 4.69) is 20.2 Å². The van der Waals surface area contributed by atoms with Crippen LogP contribution in [-0.2, 0) is 11.2 Å². The van der Waals surface area contributed by atoms with Crippen LogP contribution in [0.1, 0.15) is 40.1 Å². The van der Waals surface area contributed by atoms with Gasteiger partial charge in [-0.2, -0.15) is 18.4 Å². The Labute approximate surface area is 203 Å². The summed E-state index contributed by atoms with van der Waals surface area (Å²) in [5, 5.41) is 13.5. The molecule has 1 aliphatic heterocycles. The number of hydrogen-bond donors (Lipinski definition) is 1. The first-order valence-electron chi connectivity index (χ1n) is 11.1. The van der Waals surface area contributed by atoms with Crippen LogP contribution in [0, 0.1) is 16.7 Å². The zero-order valence-corrected chi connectivity index (χ0v) is 19.7. The van der Waals surface area contributed by atoms with Gasteiger partial charge >= 0.3 is 12.1 Å². The number of nitrogens with one attached hydrogen (secondary N) is 1. The fourth-order valence-corrected chi connectivity index (χ4v) is 6.24. The summed E-state index contributed by atoms with van der Waals surface area (Å²) in [6.07, 6.45) is -0.956. The summed E-state index contributed by atoms with van der Waals surface area (Å²) in [5.41, 5.74) is 1.39. The number of hydrogen-bond acceptors (Lipinski definition) is 8. The average molecular weight is 502 g/mol. The first kappa shape index (κ1) is 23.4. The van der Waals surface area contributed by atoms with Gasteiger partial charge in [0.25, 0.3) is 0 Å². The molecule has 7 nitrogen and oxygen atoms in total. The molecule has 1 spiro atoms. The lowest BCUT2D eigenvalue weighted by Gasteiger charge is -2.46. The van der Waals surface area contributed by atoms with E-state index in [0.717, 1.165) is 49.4 Å². The number of carbonyl (C=O) groups excluding carboxylic acids is 1. The van der Waals surface area contributed by atoms with E-state index in [9.17, 15) is 23.2 Å². The minimum atomic E-state index is -4.26. The zero-order chi connectivity index (χ0) is 24.8. The smallest absolute Gasteiger partial charge is 0.393 e. The van der Waals surface area contributed by atoms with E-state index in [0.29, 0.717) is 16.0 Å². The molecule has 2 aliphatic rings. The summed E-state index contributed by atoms with van der Waals surface area (Å²) in [7, 11) is 1.28. The van der Waals surface area contributed by atoms with Crippen LogP contribution in [-0.4, -0.2) is 48.4 Å². The second-order valence-corrected chi connectivity index (χ2v) is 10.3. The number of nitrogens with zero attached hydrogens (tertiary/aromatic N) is 4. The fraction of sp³-hybridized carbons (Fsp3) is 0.417. The summed E-state index contributed by atoms with van der Waals surface area (Å²) in [6, 6.07) is 8.86. The van der Waals surface area contributed by atoms with Gasteiger partial charge in [-0.1, -0.05) is 0 Å². The minimum absolute atomic E-state index is 0.115. The molecule has 2 fully saturated rings. The number of anilines is 2. The van der Waals surface area contributed by atoms with Crippen molar-refractivity contribution >= 4 is 39.0 Å². The van der Waals surface area contributed by atoms with Gasteiger partial charge in [0.2, 0.25) is 0 Å². The number of benzene rings is 1. The molecule has 1 aromatic carbocycles. The van der Waals surface area contributed by atoms with Gasteiger partial charge in [0.05, 0.1) is 30.0 Å². The Balaban J connectivity index is 1.25. The molecule has 182 valence electrons. The van der Waals surface area contributed by atoms with Gasteiger partial charge in [-0.3, -0.25) is 0 Å². The molecule has 0 atom stereocenters. The van der Waals surface area contributed by atoms with Crippen LogP contribution < -0.4 is 10.2 Å².